The van der Waals surface area contributed by atoms with E-state index in [-0.39, 0.29) is 30.9 Å². The molecule has 0 radical (unpaired) electrons. The number of nitrogens with zero attached hydrogens (tertiary/aromatic N) is 1. The maximum atomic E-state index is 5.09. The molecule has 2 heteroatoms. The molecule has 0 saturated heterocycles. The molecular weight excluding hydrogens is 273 g/mol. The minimum absolute atomic E-state index is 0. The first-order chi connectivity index (χ1) is 10.8. The van der Waals surface area contributed by atoms with E-state index in [1.165, 1.54) is 16.7 Å². The van der Waals surface area contributed by atoms with Gasteiger partial charge in [-0.15, -0.1) is 6.04 Å². The summed E-state index contributed by atoms with van der Waals surface area (Å²) in [7, 11) is 0. The van der Waals surface area contributed by atoms with Gasteiger partial charge >= 0.3 is 18.9 Å². The van der Waals surface area contributed by atoms with Crippen LogP contribution in [0.15, 0.2) is 91.0 Å². The number of hydrogen-bond acceptors (Lipinski definition) is 0. The summed E-state index contributed by atoms with van der Waals surface area (Å²) in [5, 5.41) is 5.09. The van der Waals surface area contributed by atoms with Crippen LogP contribution in [-0.4, -0.2) is 0 Å². The van der Waals surface area contributed by atoms with Gasteiger partial charge in [-0.3, -0.25) is 0 Å². The Morgan fingerprint density at radius 3 is 1.30 bits per heavy atom. The molecule has 0 N–H and O–H groups in total. The van der Waals surface area contributed by atoms with Gasteiger partial charge in [-0.2, -0.15) is 0 Å². The van der Waals surface area contributed by atoms with Gasteiger partial charge in [-0.05, 0) is 0 Å². The third-order valence-corrected chi connectivity index (χ3v) is 3.89. The van der Waals surface area contributed by atoms with Gasteiger partial charge in [0, 0.05) is 0 Å². The predicted octanol–water partition coefficient (Wildman–Crippen LogP) is 2.91. The summed E-state index contributed by atoms with van der Waals surface area (Å²) >= 11 is 0. The second kappa shape index (κ2) is 8.75. The first-order valence-corrected chi connectivity index (χ1v) is 7.69. The Labute approximate surface area is 150 Å². The molecule has 0 aliphatic heterocycles. The van der Waals surface area contributed by atoms with Gasteiger partial charge in [0.15, 0.2) is 0 Å². The molecule has 23 heavy (non-hydrogen) atoms. The van der Waals surface area contributed by atoms with E-state index >= 15 is 0 Å². The molecule has 0 unspecified atom stereocenters. The van der Waals surface area contributed by atoms with Crippen LogP contribution in [0.5, 0.6) is 0 Å². The Kier molecular flexibility index (Phi) is 6.68. The Bertz CT molecular complexity index is 643. The molecule has 3 rings (SSSR count). The number of hydrogen-bond donors (Lipinski definition) is 0. The van der Waals surface area contributed by atoms with Crippen molar-refractivity contribution >= 4 is 0 Å². The van der Waals surface area contributed by atoms with Crippen molar-refractivity contribution in [3.05, 3.63) is 113 Å². The van der Waals surface area contributed by atoms with Crippen LogP contribution in [-0.2, 0) is 0 Å². The molecular formula is C21H20LiN. The molecule has 0 fully saturated rings. The molecule has 3 aromatic rings. The number of benzene rings is 3. The maximum Gasteiger partial charge on any atom is 1.00 e. The zero-order valence-corrected chi connectivity index (χ0v) is 13.8. The average molecular weight is 293 g/mol. The second-order valence-electron chi connectivity index (χ2n) is 5.46. The zero-order chi connectivity index (χ0) is 15.2. The Balaban J connectivity index is 0.00000192. The predicted molar refractivity (Wildman–Crippen MR) is 92.9 cm³/mol. The summed E-state index contributed by atoms with van der Waals surface area (Å²) in [4.78, 5) is 0. The van der Waals surface area contributed by atoms with Crippen LogP contribution in [0.2, 0.25) is 0 Å². The molecule has 0 saturated carbocycles. The first kappa shape index (κ1) is 17.6. The van der Waals surface area contributed by atoms with Gasteiger partial charge in [0.25, 0.3) is 0 Å². The largest absolute Gasteiger partial charge is 1.00 e. The minimum Gasteiger partial charge on any atom is -0.646 e. The van der Waals surface area contributed by atoms with E-state index in [1.54, 1.807) is 0 Å². The van der Waals surface area contributed by atoms with Crippen molar-refractivity contribution in [1.29, 1.82) is 0 Å². The third kappa shape index (κ3) is 4.59. The average Bonchev–Trinajstić information content (AvgIpc) is 2.62. The number of rotatable bonds is 5. The fourth-order valence-electron chi connectivity index (χ4n) is 2.68. The Morgan fingerprint density at radius 2 is 0.913 bits per heavy atom. The summed E-state index contributed by atoms with van der Waals surface area (Å²) in [6.45, 7) is 2.16. The summed E-state index contributed by atoms with van der Waals surface area (Å²) in [6.07, 6.45) is 0. The van der Waals surface area contributed by atoms with Crippen molar-refractivity contribution in [2.24, 2.45) is 0 Å². The van der Waals surface area contributed by atoms with Gasteiger partial charge in [-0.1, -0.05) is 121 Å². The SMILES string of the molecule is C[C@@H]([N-]C(c1ccccc1)c1ccccc1)c1ccccc1.[Li+]. The molecule has 0 aliphatic carbocycles. The summed E-state index contributed by atoms with van der Waals surface area (Å²) < 4.78 is 0. The van der Waals surface area contributed by atoms with Crippen LogP contribution in [0.3, 0.4) is 0 Å². The molecule has 0 heterocycles. The van der Waals surface area contributed by atoms with Crippen molar-refractivity contribution < 1.29 is 18.9 Å². The molecule has 0 amide bonds. The maximum absolute atomic E-state index is 5.09. The third-order valence-electron chi connectivity index (χ3n) is 3.89. The fraction of sp³-hybridized carbons (Fsp3) is 0.143. The van der Waals surface area contributed by atoms with Gasteiger partial charge in [0.1, 0.15) is 0 Å². The quantitative estimate of drug-likeness (QED) is 0.642. The molecule has 0 aromatic heterocycles. The topological polar surface area (TPSA) is 14.1 Å². The van der Waals surface area contributed by atoms with Crippen LogP contribution in [0, 0.1) is 0 Å². The van der Waals surface area contributed by atoms with E-state index < -0.39 is 0 Å². The second-order valence-corrected chi connectivity index (χ2v) is 5.46. The molecule has 0 bridgehead atoms. The Hall–Kier alpha value is -1.78. The summed E-state index contributed by atoms with van der Waals surface area (Å²) in [5.41, 5.74) is 3.72. The first-order valence-electron chi connectivity index (χ1n) is 7.69. The summed E-state index contributed by atoms with van der Waals surface area (Å²) in [6, 6.07) is 31.7. The van der Waals surface area contributed by atoms with Crippen molar-refractivity contribution in [3.8, 4) is 0 Å². The van der Waals surface area contributed by atoms with Crippen molar-refractivity contribution in [2.45, 2.75) is 19.0 Å². The van der Waals surface area contributed by atoms with E-state index in [1.807, 2.05) is 18.2 Å². The van der Waals surface area contributed by atoms with Crippen LogP contribution in [0.1, 0.15) is 35.7 Å². The van der Waals surface area contributed by atoms with Gasteiger partial charge in [0.05, 0.1) is 0 Å². The standard InChI is InChI=1S/C21H20N.Li/c1-17(18-11-5-2-6-12-18)22-21(19-13-7-3-8-14-19)20-15-9-4-10-16-20;/h2-17,21H,1H3;/q-1;+1/t17-;/m1./s1. The Morgan fingerprint density at radius 1 is 0.565 bits per heavy atom. The van der Waals surface area contributed by atoms with Gasteiger partial charge < -0.3 is 5.32 Å². The van der Waals surface area contributed by atoms with E-state index in [4.69, 9.17) is 5.32 Å². The molecule has 1 atom stereocenters. The van der Waals surface area contributed by atoms with Gasteiger partial charge in [0.2, 0.25) is 0 Å². The molecule has 110 valence electrons. The molecule has 0 spiro atoms. The van der Waals surface area contributed by atoms with E-state index in [0.717, 1.165) is 0 Å². The molecule has 1 nitrogen and oxygen atoms in total. The smallest absolute Gasteiger partial charge is 0.646 e. The minimum atomic E-state index is 0. The van der Waals surface area contributed by atoms with E-state index in [2.05, 4.69) is 79.7 Å². The van der Waals surface area contributed by atoms with E-state index in [9.17, 15) is 0 Å². The van der Waals surface area contributed by atoms with Crippen LogP contribution in [0.4, 0.5) is 0 Å². The van der Waals surface area contributed by atoms with E-state index in [0.29, 0.717) is 0 Å². The van der Waals surface area contributed by atoms with Crippen molar-refractivity contribution in [2.75, 3.05) is 0 Å². The van der Waals surface area contributed by atoms with Crippen LogP contribution >= 0.6 is 0 Å². The summed E-state index contributed by atoms with van der Waals surface area (Å²) in [5.74, 6) is 0. The molecule has 3 aromatic carbocycles. The van der Waals surface area contributed by atoms with Crippen LogP contribution in [0.25, 0.3) is 5.32 Å². The van der Waals surface area contributed by atoms with Crippen LogP contribution < -0.4 is 18.9 Å². The van der Waals surface area contributed by atoms with Crippen molar-refractivity contribution in [3.63, 3.8) is 0 Å². The zero-order valence-electron chi connectivity index (χ0n) is 13.8. The normalized spacial score (nSPS) is 11.7. The fourth-order valence-corrected chi connectivity index (χ4v) is 2.68. The molecule has 0 aliphatic rings. The van der Waals surface area contributed by atoms with Crippen molar-refractivity contribution in [1.82, 2.24) is 0 Å². The monoisotopic (exact) mass is 293 g/mol. The van der Waals surface area contributed by atoms with Gasteiger partial charge in [-0.25, -0.2) is 0 Å².